The number of aromatic nitrogens is 6. The van der Waals surface area contributed by atoms with Crippen LogP contribution in [0.2, 0.25) is 0 Å². The van der Waals surface area contributed by atoms with Gasteiger partial charge in [0.15, 0.2) is 0 Å². The van der Waals surface area contributed by atoms with Crippen LogP contribution in [-0.2, 0) is 0 Å². The van der Waals surface area contributed by atoms with Gasteiger partial charge in [-0.25, -0.2) is 9.97 Å². The van der Waals surface area contributed by atoms with Gasteiger partial charge in [0, 0.05) is 18.1 Å². The van der Waals surface area contributed by atoms with Crippen LogP contribution < -0.4 is 15.6 Å². The molecule has 0 radical (unpaired) electrons. The van der Waals surface area contributed by atoms with Gasteiger partial charge in [0.25, 0.3) is 5.56 Å². The zero-order valence-electron chi connectivity index (χ0n) is 15.6. The van der Waals surface area contributed by atoms with Gasteiger partial charge in [0.05, 0.1) is 29.8 Å². The molecule has 3 N–H and O–H groups in total. The zero-order chi connectivity index (χ0) is 19.6. The summed E-state index contributed by atoms with van der Waals surface area (Å²) < 4.78 is 5.99. The molecule has 0 saturated carbocycles. The SMILES string of the molecule is O=c1[nH]cncc1-c1ccc2[nH]nc(-c3cncc(OC4CCCNC4)n3)c2c1. The minimum atomic E-state index is -0.194. The van der Waals surface area contributed by atoms with E-state index in [9.17, 15) is 4.79 Å². The molecule has 4 heterocycles. The lowest BCUT2D eigenvalue weighted by molar-refractivity contribution is 0.160. The zero-order valence-corrected chi connectivity index (χ0v) is 15.6. The number of rotatable bonds is 4. The molecule has 1 unspecified atom stereocenters. The van der Waals surface area contributed by atoms with Crippen molar-refractivity contribution >= 4 is 10.9 Å². The summed E-state index contributed by atoms with van der Waals surface area (Å²) in [6.45, 7) is 1.83. The first-order valence-electron chi connectivity index (χ1n) is 9.49. The van der Waals surface area contributed by atoms with Gasteiger partial charge in [0.1, 0.15) is 17.5 Å². The number of nitrogens with zero attached hydrogens (tertiary/aromatic N) is 4. The predicted octanol–water partition coefficient (Wildman–Crippen LogP) is 1.90. The summed E-state index contributed by atoms with van der Waals surface area (Å²) >= 11 is 0. The van der Waals surface area contributed by atoms with Crippen molar-refractivity contribution in [2.45, 2.75) is 18.9 Å². The number of hydrogen-bond donors (Lipinski definition) is 3. The lowest BCUT2D eigenvalue weighted by Gasteiger charge is -2.23. The van der Waals surface area contributed by atoms with Crippen LogP contribution in [0.25, 0.3) is 33.4 Å². The van der Waals surface area contributed by atoms with Crippen molar-refractivity contribution in [2.75, 3.05) is 13.1 Å². The molecule has 29 heavy (non-hydrogen) atoms. The maximum Gasteiger partial charge on any atom is 0.258 e. The van der Waals surface area contributed by atoms with Crippen LogP contribution in [0.1, 0.15) is 12.8 Å². The molecular weight excluding hydrogens is 370 g/mol. The topological polar surface area (TPSA) is 121 Å². The van der Waals surface area contributed by atoms with Gasteiger partial charge < -0.3 is 15.0 Å². The van der Waals surface area contributed by atoms with E-state index in [1.165, 1.54) is 6.33 Å². The molecule has 146 valence electrons. The van der Waals surface area contributed by atoms with E-state index in [1.807, 2.05) is 18.2 Å². The molecule has 1 aliphatic heterocycles. The molecule has 1 fully saturated rings. The normalized spacial score (nSPS) is 16.8. The van der Waals surface area contributed by atoms with Crippen LogP contribution in [0, 0.1) is 0 Å². The Kier molecular flexibility index (Phi) is 4.49. The second kappa shape index (κ2) is 7.44. The molecule has 0 bridgehead atoms. The first-order valence-corrected chi connectivity index (χ1v) is 9.49. The van der Waals surface area contributed by atoms with Gasteiger partial charge >= 0.3 is 0 Å². The first-order chi connectivity index (χ1) is 14.3. The van der Waals surface area contributed by atoms with Gasteiger partial charge in [-0.3, -0.25) is 14.9 Å². The fourth-order valence-electron chi connectivity index (χ4n) is 3.54. The van der Waals surface area contributed by atoms with Crippen molar-refractivity contribution < 1.29 is 4.74 Å². The van der Waals surface area contributed by atoms with Crippen LogP contribution in [0.4, 0.5) is 0 Å². The van der Waals surface area contributed by atoms with Crippen LogP contribution in [0.3, 0.4) is 0 Å². The maximum atomic E-state index is 12.1. The summed E-state index contributed by atoms with van der Waals surface area (Å²) in [7, 11) is 0. The summed E-state index contributed by atoms with van der Waals surface area (Å²) in [5.41, 5.74) is 3.16. The largest absolute Gasteiger partial charge is 0.472 e. The van der Waals surface area contributed by atoms with Crippen molar-refractivity contribution in [1.29, 1.82) is 0 Å². The second-order valence-corrected chi connectivity index (χ2v) is 6.96. The van der Waals surface area contributed by atoms with E-state index >= 15 is 0 Å². The monoisotopic (exact) mass is 389 g/mol. The highest BCUT2D eigenvalue weighted by Crippen LogP contribution is 2.29. The molecule has 4 aromatic rings. The van der Waals surface area contributed by atoms with E-state index in [4.69, 9.17) is 4.74 Å². The molecule has 1 atom stereocenters. The van der Waals surface area contributed by atoms with Crippen LogP contribution in [0.5, 0.6) is 5.88 Å². The summed E-state index contributed by atoms with van der Waals surface area (Å²) in [6, 6.07) is 5.65. The fraction of sp³-hybridized carbons (Fsp3) is 0.250. The predicted molar refractivity (Wildman–Crippen MR) is 107 cm³/mol. The van der Waals surface area contributed by atoms with Crippen molar-refractivity contribution in [3.8, 4) is 28.4 Å². The molecule has 1 aromatic carbocycles. The Morgan fingerprint density at radius 1 is 1.14 bits per heavy atom. The molecule has 0 aliphatic carbocycles. The van der Waals surface area contributed by atoms with E-state index in [1.54, 1.807) is 18.6 Å². The Labute approximate surface area is 165 Å². The van der Waals surface area contributed by atoms with E-state index in [-0.39, 0.29) is 11.7 Å². The smallest absolute Gasteiger partial charge is 0.258 e. The van der Waals surface area contributed by atoms with Crippen LogP contribution >= 0.6 is 0 Å². The highest BCUT2D eigenvalue weighted by Gasteiger charge is 2.17. The Balaban J connectivity index is 1.52. The van der Waals surface area contributed by atoms with Crippen LogP contribution in [-0.4, -0.2) is 49.3 Å². The van der Waals surface area contributed by atoms with Gasteiger partial charge in [-0.1, -0.05) is 6.07 Å². The third-order valence-electron chi connectivity index (χ3n) is 4.99. The highest BCUT2D eigenvalue weighted by molar-refractivity contribution is 5.94. The molecule has 9 nitrogen and oxygen atoms in total. The Morgan fingerprint density at radius 2 is 2.10 bits per heavy atom. The van der Waals surface area contributed by atoms with Crippen molar-refractivity contribution in [2.24, 2.45) is 0 Å². The average molecular weight is 389 g/mol. The standard InChI is InChI=1S/C20H19N7O2/c28-20-15(8-23-11-24-20)12-3-4-16-14(6-12)19(27-26-16)17-9-22-10-18(25-17)29-13-2-1-5-21-7-13/h3-4,6,8-11,13,21H,1-2,5,7H2,(H,26,27)(H,23,24,28). The minimum Gasteiger partial charge on any atom is -0.472 e. The number of fused-ring (bicyclic) bond motifs is 1. The summed E-state index contributed by atoms with van der Waals surface area (Å²) in [5, 5.41) is 11.6. The first kappa shape index (κ1) is 17.5. The van der Waals surface area contributed by atoms with E-state index in [2.05, 4.69) is 35.5 Å². The summed E-state index contributed by atoms with van der Waals surface area (Å²) in [5.74, 6) is 0.479. The lowest BCUT2D eigenvalue weighted by atomic mass is 10.0. The number of piperidine rings is 1. The number of hydrogen-bond acceptors (Lipinski definition) is 7. The molecular formula is C20H19N7O2. The van der Waals surface area contributed by atoms with Gasteiger partial charge in [-0.15, -0.1) is 0 Å². The number of aromatic amines is 2. The fourth-order valence-corrected chi connectivity index (χ4v) is 3.54. The molecule has 1 aliphatic rings. The molecule has 0 spiro atoms. The second-order valence-electron chi connectivity index (χ2n) is 6.96. The van der Waals surface area contributed by atoms with E-state index in [0.29, 0.717) is 22.8 Å². The number of benzene rings is 1. The van der Waals surface area contributed by atoms with Gasteiger partial charge in [0.2, 0.25) is 5.88 Å². The molecule has 1 saturated heterocycles. The average Bonchev–Trinajstić information content (AvgIpc) is 3.18. The number of nitrogens with one attached hydrogen (secondary N) is 3. The van der Waals surface area contributed by atoms with E-state index < -0.39 is 0 Å². The number of ether oxygens (including phenoxy) is 1. The quantitative estimate of drug-likeness (QED) is 0.487. The van der Waals surface area contributed by atoms with E-state index in [0.717, 1.165) is 42.4 Å². The summed E-state index contributed by atoms with van der Waals surface area (Å²) in [6.07, 6.45) is 8.36. The minimum absolute atomic E-state index is 0.0909. The summed E-state index contributed by atoms with van der Waals surface area (Å²) in [4.78, 5) is 27.6. The Bertz CT molecular complexity index is 1210. The van der Waals surface area contributed by atoms with Crippen LogP contribution in [0.15, 0.2) is 47.9 Å². The molecule has 9 heteroatoms. The Morgan fingerprint density at radius 3 is 2.97 bits per heavy atom. The third-order valence-corrected chi connectivity index (χ3v) is 4.99. The third kappa shape index (κ3) is 3.47. The lowest BCUT2D eigenvalue weighted by Crippen LogP contribution is -2.37. The van der Waals surface area contributed by atoms with Gasteiger partial charge in [-0.05, 0) is 37.1 Å². The van der Waals surface area contributed by atoms with Crippen molar-refractivity contribution in [3.63, 3.8) is 0 Å². The number of H-pyrrole nitrogens is 2. The molecule has 3 aromatic heterocycles. The van der Waals surface area contributed by atoms with Crippen molar-refractivity contribution in [3.05, 3.63) is 53.5 Å². The maximum absolute atomic E-state index is 12.1. The highest BCUT2D eigenvalue weighted by atomic mass is 16.5. The van der Waals surface area contributed by atoms with Gasteiger partial charge in [-0.2, -0.15) is 5.10 Å². The Hall–Kier alpha value is -3.59. The molecule has 5 rings (SSSR count). The molecule has 0 amide bonds. The van der Waals surface area contributed by atoms with Crippen molar-refractivity contribution in [1.82, 2.24) is 35.5 Å².